The molecule has 0 heterocycles. The van der Waals surface area contributed by atoms with Crippen molar-refractivity contribution in [3.8, 4) is 0 Å². The summed E-state index contributed by atoms with van der Waals surface area (Å²) in [7, 11) is 0. The Morgan fingerprint density at radius 3 is 2.11 bits per heavy atom. The highest BCUT2D eigenvalue weighted by Crippen LogP contribution is 2.13. The fourth-order valence-corrected chi connectivity index (χ4v) is 0.623. The zero-order valence-corrected chi connectivity index (χ0v) is 7.02. The van der Waals surface area contributed by atoms with Gasteiger partial charge in [0.1, 0.15) is 0 Å². The second-order valence-electron chi connectivity index (χ2n) is 3.03. The molecule has 0 spiro atoms. The standard InChI is InChI=1S/C9H18/c1-5-6-7-9(4)8(2)3/h5-6,8-9H,7H2,1-4H3/b6-5+/t9-/m1/s1. The van der Waals surface area contributed by atoms with Gasteiger partial charge in [-0.25, -0.2) is 0 Å². The average molecular weight is 126 g/mol. The van der Waals surface area contributed by atoms with Crippen LogP contribution in [0, 0.1) is 11.8 Å². The van der Waals surface area contributed by atoms with Crippen molar-refractivity contribution in [1.29, 1.82) is 0 Å². The van der Waals surface area contributed by atoms with Crippen molar-refractivity contribution in [2.75, 3.05) is 0 Å². The summed E-state index contributed by atoms with van der Waals surface area (Å²) in [5.41, 5.74) is 0. The minimum Gasteiger partial charge on any atom is -0.0917 e. The van der Waals surface area contributed by atoms with Crippen LogP contribution in [0.5, 0.6) is 0 Å². The summed E-state index contributed by atoms with van der Waals surface area (Å²) in [6.07, 6.45) is 5.59. The Bertz CT molecular complexity index is 80.0. The van der Waals surface area contributed by atoms with Crippen LogP contribution in [0.15, 0.2) is 12.2 Å². The van der Waals surface area contributed by atoms with Gasteiger partial charge in [-0.15, -0.1) is 0 Å². The quantitative estimate of drug-likeness (QED) is 0.509. The van der Waals surface area contributed by atoms with Gasteiger partial charge in [0.25, 0.3) is 0 Å². The zero-order valence-electron chi connectivity index (χ0n) is 7.02. The Morgan fingerprint density at radius 1 is 1.22 bits per heavy atom. The smallest absolute Gasteiger partial charge is 0.0323 e. The second-order valence-corrected chi connectivity index (χ2v) is 3.03. The molecule has 0 aliphatic heterocycles. The molecule has 0 N–H and O–H groups in total. The Morgan fingerprint density at radius 2 is 1.78 bits per heavy atom. The van der Waals surface area contributed by atoms with Gasteiger partial charge >= 0.3 is 0 Å². The summed E-state index contributed by atoms with van der Waals surface area (Å²) in [6.45, 7) is 8.92. The normalized spacial score (nSPS) is 15.2. The maximum absolute atomic E-state index is 2.30. The van der Waals surface area contributed by atoms with E-state index in [-0.39, 0.29) is 0 Å². The van der Waals surface area contributed by atoms with Crippen molar-refractivity contribution in [2.45, 2.75) is 34.1 Å². The predicted octanol–water partition coefficient (Wildman–Crippen LogP) is 3.24. The molecule has 0 saturated heterocycles. The highest BCUT2D eigenvalue weighted by atomic mass is 14.1. The van der Waals surface area contributed by atoms with Crippen molar-refractivity contribution >= 4 is 0 Å². The van der Waals surface area contributed by atoms with Crippen LogP contribution in [0.1, 0.15) is 34.1 Å². The first-order valence-electron chi connectivity index (χ1n) is 3.79. The molecule has 0 aromatic heterocycles. The van der Waals surface area contributed by atoms with E-state index in [9.17, 15) is 0 Å². The summed E-state index contributed by atoms with van der Waals surface area (Å²) in [5.74, 6) is 1.65. The van der Waals surface area contributed by atoms with Gasteiger partial charge < -0.3 is 0 Å². The minimum absolute atomic E-state index is 0.821. The summed E-state index contributed by atoms with van der Waals surface area (Å²) in [4.78, 5) is 0. The van der Waals surface area contributed by atoms with E-state index in [1.807, 2.05) is 0 Å². The van der Waals surface area contributed by atoms with Crippen molar-refractivity contribution in [1.82, 2.24) is 0 Å². The molecule has 0 aliphatic rings. The van der Waals surface area contributed by atoms with E-state index >= 15 is 0 Å². The highest BCUT2D eigenvalue weighted by molar-refractivity contribution is 4.79. The Kier molecular flexibility index (Phi) is 4.47. The molecule has 0 heteroatoms. The Labute approximate surface area is 59.0 Å². The van der Waals surface area contributed by atoms with Crippen LogP contribution in [-0.2, 0) is 0 Å². The van der Waals surface area contributed by atoms with Crippen molar-refractivity contribution < 1.29 is 0 Å². The van der Waals surface area contributed by atoms with Gasteiger partial charge in [0.2, 0.25) is 0 Å². The third kappa shape index (κ3) is 4.26. The maximum atomic E-state index is 2.30. The van der Waals surface area contributed by atoms with Crippen LogP contribution < -0.4 is 0 Å². The molecular formula is C9H18. The maximum Gasteiger partial charge on any atom is -0.0323 e. The van der Waals surface area contributed by atoms with E-state index in [4.69, 9.17) is 0 Å². The summed E-state index contributed by atoms with van der Waals surface area (Å²) < 4.78 is 0. The van der Waals surface area contributed by atoms with E-state index in [0.717, 1.165) is 11.8 Å². The molecule has 0 rings (SSSR count). The molecule has 0 radical (unpaired) electrons. The molecule has 0 aromatic carbocycles. The Hall–Kier alpha value is -0.260. The molecule has 0 aromatic rings. The van der Waals surface area contributed by atoms with Gasteiger partial charge in [-0.05, 0) is 25.2 Å². The molecule has 0 nitrogen and oxygen atoms in total. The average Bonchev–Trinajstić information content (AvgIpc) is 1.82. The minimum atomic E-state index is 0.821. The number of hydrogen-bond acceptors (Lipinski definition) is 0. The van der Waals surface area contributed by atoms with Gasteiger partial charge in [-0.2, -0.15) is 0 Å². The lowest BCUT2D eigenvalue weighted by atomic mass is 9.95. The van der Waals surface area contributed by atoms with Crippen molar-refractivity contribution in [3.05, 3.63) is 12.2 Å². The highest BCUT2D eigenvalue weighted by Gasteiger charge is 2.02. The molecule has 0 unspecified atom stereocenters. The van der Waals surface area contributed by atoms with Crippen LogP contribution in [0.4, 0.5) is 0 Å². The van der Waals surface area contributed by atoms with Gasteiger partial charge in [0.15, 0.2) is 0 Å². The van der Waals surface area contributed by atoms with Crippen LogP contribution in [0.3, 0.4) is 0 Å². The lowest BCUT2D eigenvalue weighted by molar-refractivity contribution is 0.424. The zero-order chi connectivity index (χ0) is 7.28. The molecule has 9 heavy (non-hydrogen) atoms. The van der Waals surface area contributed by atoms with Gasteiger partial charge in [0.05, 0.1) is 0 Å². The second kappa shape index (κ2) is 4.60. The van der Waals surface area contributed by atoms with Crippen LogP contribution in [-0.4, -0.2) is 0 Å². The number of hydrogen-bond donors (Lipinski definition) is 0. The molecule has 54 valence electrons. The topological polar surface area (TPSA) is 0 Å². The van der Waals surface area contributed by atoms with E-state index in [1.165, 1.54) is 6.42 Å². The molecule has 0 bridgehead atoms. The molecular weight excluding hydrogens is 108 g/mol. The van der Waals surface area contributed by atoms with E-state index in [2.05, 4.69) is 39.8 Å². The lowest BCUT2D eigenvalue weighted by Crippen LogP contribution is -2.01. The Balaban J connectivity index is 3.38. The largest absolute Gasteiger partial charge is 0.0917 e. The molecule has 0 fully saturated rings. The van der Waals surface area contributed by atoms with Gasteiger partial charge in [0, 0.05) is 0 Å². The fourth-order valence-electron chi connectivity index (χ4n) is 0.623. The predicted molar refractivity (Wildman–Crippen MR) is 43.4 cm³/mol. The first kappa shape index (κ1) is 8.74. The van der Waals surface area contributed by atoms with E-state index < -0.39 is 0 Å². The molecule has 0 saturated carbocycles. The SMILES string of the molecule is C/C=C/C[C@@H](C)C(C)C. The van der Waals surface area contributed by atoms with Gasteiger partial charge in [-0.3, -0.25) is 0 Å². The first-order valence-corrected chi connectivity index (χ1v) is 3.79. The summed E-state index contributed by atoms with van der Waals surface area (Å²) in [5, 5.41) is 0. The molecule has 0 aliphatic carbocycles. The van der Waals surface area contributed by atoms with Gasteiger partial charge in [-0.1, -0.05) is 32.9 Å². The monoisotopic (exact) mass is 126 g/mol. The third-order valence-electron chi connectivity index (χ3n) is 1.88. The summed E-state index contributed by atoms with van der Waals surface area (Å²) >= 11 is 0. The van der Waals surface area contributed by atoms with Crippen LogP contribution >= 0.6 is 0 Å². The number of allylic oxidation sites excluding steroid dienone is 2. The van der Waals surface area contributed by atoms with Crippen molar-refractivity contribution in [2.24, 2.45) is 11.8 Å². The van der Waals surface area contributed by atoms with Crippen LogP contribution in [0.2, 0.25) is 0 Å². The lowest BCUT2D eigenvalue weighted by Gasteiger charge is -2.11. The molecule has 0 amide bonds. The first-order chi connectivity index (χ1) is 4.18. The number of rotatable bonds is 3. The fraction of sp³-hybridized carbons (Fsp3) is 0.778. The molecule has 1 atom stereocenters. The van der Waals surface area contributed by atoms with Crippen molar-refractivity contribution in [3.63, 3.8) is 0 Å². The van der Waals surface area contributed by atoms with Crippen LogP contribution in [0.25, 0.3) is 0 Å². The summed E-state index contributed by atoms with van der Waals surface area (Å²) in [6, 6.07) is 0. The third-order valence-corrected chi connectivity index (χ3v) is 1.88. The van der Waals surface area contributed by atoms with E-state index in [0.29, 0.717) is 0 Å². The van der Waals surface area contributed by atoms with E-state index in [1.54, 1.807) is 0 Å².